The summed E-state index contributed by atoms with van der Waals surface area (Å²) < 4.78 is 0. The highest BCUT2D eigenvalue weighted by Crippen LogP contribution is 2.28. The first kappa shape index (κ1) is 13.0. The van der Waals surface area contributed by atoms with Gasteiger partial charge in [0.25, 0.3) is 0 Å². The number of hydrogen-bond donors (Lipinski definition) is 1. The number of nitrogens with one attached hydrogen (secondary N) is 1. The van der Waals surface area contributed by atoms with E-state index < -0.39 is 0 Å². The molecule has 0 unspecified atom stereocenters. The maximum atomic E-state index is 3.54. The standard InChI is InChI=1S/C19H21N/c1-12(2)15-5-7-16(8-6-15)18-11-17-14(4)9-13(3)10-19(17)20-18/h5-12,20H,1-4H3. The van der Waals surface area contributed by atoms with Crippen LogP contribution in [0.15, 0.2) is 42.5 Å². The first-order chi connectivity index (χ1) is 9.54. The second-order valence-electron chi connectivity index (χ2n) is 6.00. The Balaban J connectivity index is 2.08. The van der Waals surface area contributed by atoms with E-state index in [0.717, 1.165) is 0 Å². The van der Waals surface area contributed by atoms with E-state index in [1.165, 1.54) is 38.9 Å². The smallest absolute Gasteiger partial charge is 0.0464 e. The molecule has 0 fully saturated rings. The summed E-state index contributed by atoms with van der Waals surface area (Å²) in [6.45, 7) is 8.77. The van der Waals surface area contributed by atoms with Gasteiger partial charge in [-0.2, -0.15) is 0 Å². The van der Waals surface area contributed by atoms with E-state index in [1.54, 1.807) is 0 Å². The fourth-order valence-corrected chi connectivity index (χ4v) is 2.80. The van der Waals surface area contributed by atoms with Crippen LogP contribution in [0.25, 0.3) is 22.2 Å². The van der Waals surface area contributed by atoms with Crippen LogP contribution in [0.3, 0.4) is 0 Å². The van der Waals surface area contributed by atoms with Crippen LogP contribution >= 0.6 is 0 Å². The average molecular weight is 263 g/mol. The summed E-state index contributed by atoms with van der Waals surface area (Å²) in [5.41, 5.74) is 7.70. The van der Waals surface area contributed by atoms with Crippen LogP contribution in [-0.2, 0) is 0 Å². The van der Waals surface area contributed by atoms with Gasteiger partial charge in [0.15, 0.2) is 0 Å². The molecule has 0 atom stereocenters. The van der Waals surface area contributed by atoms with Crippen molar-refractivity contribution in [1.29, 1.82) is 0 Å². The summed E-state index contributed by atoms with van der Waals surface area (Å²) in [4.78, 5) is 3.54. The Bertz CT molecular complexity index is 745. The van der Waals surface area contributed by atoms with Crippen molar-refractivity contribution >= 4 is 10.9 Å². The lowest BCUT2D eigenvalue weighted by Crippen LogP contribution is -1.86. The second-order valence-corrected chi connectivity index (χ2v) is 6.00. The van der Waals surface area contributed by atoms with Crippen LogP contribution < -0.4 is 0 Å². The molecule has 0 spiro atoms. The van der Waals surface area contributed by atoms with Gasteiger partial charge in [-0.1, -0.05) is 44.2 Å². The first-order valence-corrected chi connectivity index (χ1v) is 7.25. The van der Waals surface area contributed by atoms with Crippen molar-refractivity contribution < 1.29 is 0 Å². The van der Waals surface area contributed by atoms with Crippen LogP contribution in [0.2, 0.25) is 0 Å². The van der Waals surface area contributed by atoms with E-state index in [4.69, 9.17) is 0 Å². The van der Waals surface area contributed by atoms with Crippen LogP contribution in [-0.4, -0.2) is 4.98 Å². The van der Waals surface area contributed by atoms with Crippen molar-refractivity contribution in [2.75, 3.05) is 0 Å². The van der Waals surface area contributed by atoms with Crippen LogP contribution in [0.1, 0.15) is 36.5 Å². The molecule has 0 aliphatic heterocycles. The van der Waals surface area contributed by atoms with Gasteiger partial charge in [0.1, 0.15) is 0 Å². The molecule has 2 aromatic carbocycles. The number of aromatic amines is 1. The molecule has 3 aromatic rings. The SMILES string of the molecule is Cc1cc(C)c2cc(-c3ccc(C(C)C)cc3)[nH]c2c1. The molecule has 1 heteroatoms. The highest BCUT2D eigenvalue weighted by molar-refractivity contribution is 5.89. The molecule has 20 heavy (non-hydrogen) atoms. The molecule has 0 saturated heterocycles. The molecule has 3 rings (SSSR count). The van der Waals surface area contributed by atoms with Crippen LogP contribution in [0.4, 0.5) is 0 Å². The molecule has 1 heterocycles. The third-order valence-electron chi connectivity index (χ3n) is 3.98. The predicted molar refractivity (Wildman–Crippen MR) is 87.3 cm³/mol. The summed E-state index contributed by atoms with van der Waals surface area (Å²) in [6.07, 6.45) is 0. The molecule has 0 aliphatic carbocycles. The average Bonchev–Trinajstić information content (AvgIpc) is 2.83. The van der Waals surface area contributed by atoms with Gasteiger partial charge in [-0.05, 0) is 54.2 Å². The van der Waals surface area contributed by atoms with E-state index >= 15 is 0 Å². The molecule has 0 aliphatic rings. The zero-order valence-corrected chi connectivity index (χ0v) is 12.6. The van der Waals surface area contributed by atoms with Gasteiger partial charge in [-0.25, -0.2) is 0 Å². The Kier molecular flexibility index (Phi) is 3.13. The lowest BCUT2D eigenvalue weighted by molar-refractivity contribution is 0.867. The quantitative estimate of drug-likeness (QED) is 0.621. The van der Waals surface area contributed by atoms with Gasteiger partial charge in [0.2, 0.25) is 0 Å². The Hall–Kier alpha value is -2.02. The summed E-state index contributed by atoms with van der Waals surface area (Å²) in [5, 5.41) is 1.32. The Labute approximate surface area is 120 Å². The zero-order valence-electron chi connectivity index (χ0n) is 12.6. The van der Waals surface area contributed by atoms with Crippen LogP contribution in [0, 0.1) is 13.8 Å². The fourth-order valence-electron chi connectivity index (χ4n) is 2.80. The van der Waals surface area contributed by atoms with Crippen LogP contribution in [0.5, 0.6) is 0 Å². The van der Waals surface area contributed by atoms with Crippen molar-refractivity contribution in [3.05, 3.63) is 59.2 Å². The summed E-state index contributed by atoms with van der Waals surface area (Å²) in [7, 11) is 0. The first-order valence-electron chi connectivity index (χ1n) is 7.25. The number of hydrogen-bond acceptors (Lipinski definition) is 0. The van der Waals surface area contributed by atoms with Gasteiger partial charge in [0.05, 0.1) is 0 Å². The normalized spacial score (nSPS) is 11.4. The van der Waals surface area contributed by atoms with Gasteiger partial charge in [-0.3, -0.25) is 0 Å². The molecule has 0 amide bonds. The van der Waals surface area contributed by atoms with E-state index in [9.17, 15) is 0 Å². The molecule has 1 aromatic heterocycles. The Morgan fingerprint density at radius 1 is 0.900 bits per heavy atom. The highest BCUT2D eigenvalue weighted by atomic mass is 14.7. The molecule has 102 valence electrons. The number of benzene rings is 2. The summed E-state index contributed by atoms with van der Waals surface area (Å²) in [6, 6.07) is 15.6. The minimum absolute atomic E-state index is 0.580. The van der Waals surface area contributed by atoms with Crippen molar-refractivity contribution in [1.82, 2.24) is 4.98 Å². The number of aryl methyl sites for hydroxylation is 2. The van der Waals surface area contributed by atoms with E-state index in [2.05, 4.69) is 75.1 Å². The van der Waals surface area contributed by atoms with E-state index in [-0.39, 0.29) is 0 Å². The second kappa shape index (κ2) is 4.82. The predicted octanol–water partition coefficient (Wildman–Crippen LogP) is 5.58. The third-order valence-corrected chi connectivity index (χ3v) is 3.98. The van der Waals surface area contributed by atoms with Crippen molar-refractivity contribution in [3.8, 4) is 11.3 Å². The molecule has 1 nitrogen and oxygen atoms in total. The molecular weight excluding hydrogens is 242 g/mol. The number of rotatable bonds is 2. The fraction of sp³-hybridized carbons (Fsp3) is 0.263. The minimum atomic E-state index is 0.580. The Morgan fingerprint density at radius 3 is 2.25 bits per heavy atom. The van der Waals surface area contributed by atoms with Crippen molar-refractivity contribution in [2.24, 2.45) is 0 Å². The number of aromatic nitrogens is 1. The minimum Gasteiger partial charge on any atom is -0.355 e. The van der Waals surface area contributed by atoms with Gasteiger partial charge < -0.3 is 4.98 Å². The number of H-pyrrole nitrogens is 1. The molecule has 0 saturated carbocycles. The van der Waals surface area contributed by atoms with Crippen molar-refractivity contribution in [3.63, 3.8) is 0 Å². The maximum absolute atomic E-state index is 3.54. The summed E-state index contributed by atoms with van der Waals surface area (Å²) >= 11 is 0. The lowest BCUT2D eigenvalue weighted by Gasteiger charge is -2.05. The lowest BCUT2D eigenvalue weighted by atomic mass is 10.0. The monoisotopic (exact) mass is 263 g/mol. The Morgan fingerprint density at radius 2 is 1.60 bits per heavy atom. The molecule has 0 radical (unpaired) electrons. The molecule has 0 bridgehead atoms. The van der Waals surface area contributed by atoms with E-state index in [0.29, 0.717) is 5.92 Å². The maximum Gasteiger partial charge on any atom is 0.0464 e. The zero-order chi connectivity index (χ0) is 14.3. The molecule has 1 N–H and O–H groups in total. The largest absolute Gasteiger partial charge is 0.355 e. The van der Waals surface area contributed by atoms with Gasteiger partial charge in [-0.15, -0.1) is 0 Å². The molecular formula is C19H21N. The summed E-state index contributed by atoms with van der Waals surface area (Å²) in [5.74, 6) is 0.580. The number of fused-ring (bicyclic) bond motifs is 1. The highest BCUT2D eigenvalue weighted by Gasteiger charge is 2.07. The van der Waals surface area contributed by atoms with Crippen molar-refractivity contribution in [2.45, 2.75) is 33.6 Å². The third kappa shape index (κ3) is 2.24. The van der Waals surface area contributed by atoms with E-state index in [1.807, 2.05) is 0 Å². The van der Waals surface area contributed by atoms with Gasteiger partial charge in [0, 0.05) is 16.6 Å². The topological polar surface area (TPSA) is 15.8 Å². The van der Waals surface area contributed by atoms with Gasteiger partial charge >= 0.3 is 0 Å².